The van der Waals surface area contributed by atoms with E-state index in [0.717, 1.165) is 16.3 Å². The van der Waals surface area contributed by atoms with Crippen molar-refractivity contribution in [3.05, 3.63) is 24.3 Å². The molecule has 0 saturated carbocycles. The molecule has 3 N–H and O–H groups in total. The van der Waals surface area contributed by atoms with Crippen LogP contribution in [0.1, 0.15) is 19.8 Å². The van der Waals surface area contributed by atoms with Gasteiger partial charge in [0, 0.05) is 11.7 Å². The number of fused-ring (bicyclic) bond motifs is 1. The maximum absolute atomic E-state index is 11.1. The average Bonchev–Trinajstić information content (AvgIpc) is 2.77. The Labute approximate surface area is 114 Å². The number of thioether (sulfide) groups is 1. The van der Waals surface area contributed by atoms with Crippen molar-refractivity contribution in [3.8, 4) is 0 Å². The van der Waals surface area contributed by atoms with Crippen molar-refractivity contribution in [2.45, 2.75) is 29.4 Å². The number of thiazole rings is 1. The Kier molecular flexibility index (Phi) is 4.57. The van der Waals surface area contributed by atoms with E-state index in [0.29, 0.717) is 11.7 Å². The van der Waals surface area contributed by atoms with Gasteiger partial charge in [0.25, 0.3) is 0 Å². The Morgan fingerprint density at radius 2 is 2.33 bits per heavy atom. The highest BCUT2D eigenvalue weighted by molar-refractivity contribution is 8.01. The highest BCUT2D eigenvalue weighted by atomic mass is 32.2. The molecule has 1 atom stereocenters. The molecular weight excluding hydrogens is 266 g/mol. The third kappa shape index (κ3) is 3.44. The topological polar surface area (TPSA) is 68.0 Å². The number of amides is 1. The lowest BCUT2D eigenvalue weighted by Gasteiger charge is -2.07. The predicted molar refractivity (Wildman–Crippen MR) is 76.5 cm³/mol. The highest BCUT2D eigenvalue weighted by Crippen LogP contribution is 2.33. The number of hydrogen-bond acceptors (Lipinski definition) is 5. The number of rotatable bonds is 5. The van der Waals surface area contributed by atoms with E-state index in [2.05, 4.69) is 23.4 Å². The summed E-state index contributed by atoms with van der Waals surface area (Å²) >= 11 is 3.40. The first kappa shape index (κ1) is 13.3. The van der Waals surface area contributed by atoms with Gasteiger partial charge >= 0.3 is 0 Å². The van der Waals surface area contributed by atoms with E-state index < -0.39 is 0 Å². The van der Waals surface area contributed by atoms with Gasteiger partial charge in [-0.15, -0.1) is 11.3 Å². The molecule has 1 aromatic heterocycles. The smallest absolute Gasteiger partial charge is 0.233 e. The van der Waals surface area contributed by atoms with Crippen LogP contribution in [0.25, 0.3) is 10.2 Å². The van der Waals surface area contributed by atoms with E-state index in [4.69, 9.17) is 5.84 Å². The molecule has 18 heavy (non-hydrogen) atoms. The second-order valence-corrected chi connectivity index (χ2v) is 6.70. The lowest BCUT2D eigenvalue weighted by molar-refractivity contribution is -0.121. The third-order valence-corrected chi connectivity index (χ3v) is 4.82. The summed E-state index contributed by atoms with van der Waals surface area (Å²) in [4.78, 5) is 15.6. The Bertz CT molecular complexity index is 508. The minimum Gasteiger partial charge on any atom is -0.294 e. The zero-order valence-electron chi connectivity index (χ0n) is 10.1. The fourth-order valence-electron chi connectivity index (χ4n) is 1.54. The zero-order valence-corrected chi connectivity index (χ0v) is 11.7. The van der Waals surface area contributed by atoms with Gasteiger partial charge in [-0.05, 0) is 18.6 Å². The summed E-state index contributed by atoms with van der Waals surface area (Å²) in [6.07, 6.45) is 1.25. The maximum Gasteiger partial charge on any atom is 0.233 e. The maximum atomic E-state index is 11.1. The normalized spacial score (nSPS) is 12.6. The average molecular weight is 281 g/mol. The van der Waals surface area contributed by atoms with E-state index in [1.807, 2.05) is 18.2 Å². The number of nitrogens with zero attached hydrogens (tertiary/aromatic N) is 1. The summed E-state index contributed by atoms with van der Waals surface area (Å²) in [5.41, 5.74) is 3.18. The second kappa shape index (κ2) is 6.17. The number of nitrogens with two attached hydrogens (primary N) is 1. The SMILES string of the molecule is CC(CCC(=O)NN)Sc1nc2ccccc2s1. The monoisotopic (exact) mass is 281 g/mol. The van der Waals surface area contributed by atoms with Crippen molar-refractivity contribution in [1.29, 1.82) is 0 Å². The number of benzene rings is 1. The summed E-state index contributed by atoms with van der Waals surface area (Å²) in [7, 11) is 0. The molecule has 0 spiro atoms. The molecule has 0 bridgehead atoms. The summed E-state index contributed by atoms with van der Waals surface area (Å²) in [6, 6.07) is 8.10. The van der Waals surface area contributed by atoms with Gasteiger partial charge in [-0.2, -0.15) is 0 Å². The van der Waals surface area contributed by atoms with Crippen molar-refractivity contribution in [2.75, 3.05) is 0 Å². The van der Waals surface area contributed by atoms with Crippen molar-refractivity contribution in [3.63, 3.8) is 0 Å². The van der Waals surface area contributed by atoms with E-state index in [1.165, 1.54) is 4.70 Å². The van der Waals surface area contributed by atoms with Crippen LogP contribution in [0, 0.1) is 0 Å². The van der Waals surface area contributed by atoms with E-state index in [1.54, 1.807) is 23.1 Å². The van der Waals surface area contributed by atoms with Crippen molar-refractivity contribution in [1.82, 2.24) is 10.4 Å². The Balaban J connectivity index is 1.94. The molecule has 96 valence electrons. The molecule has 2 rings (SSSR count). The molecule has 1 heterocycles. The number of hydrogen-bond donors (Lipinski definition) is 2. The van der Waals surface area contributed by atoms with Crippen LogP contribution in [0.2, 0.25) is 0 Å². The molecule has 1 amide bonds. The van der Waals surface area contributed by atoms with Crippen molar-refractivity contribution >= 4 is 39.2 Å². The van der Waals surface area contributed by atoms with Gasteiger partial charge in [-0.1, -0.05) is 30.8 Å². The number of aromatic nitrogens is 1. The standard InChI is InChI=1S/C12H15N3OS2/c1-8(6-7-11(16)15-13)17-12-14-9-4-2-3-5-10(9)18-12/h2-5,8H,6-7,13H2,1H3,(H,15,16). The van der Waals surface area contributed by atoms with Crippen LogP contribution >= 0.6 is 23.1 Å². The van der Waals surface area contributed by atoms with Gasteiger partial charge in [-0.3, -0.25) is 10.2 Å². The van der Waals surface area contributed by atoms with Crippen LogP contribution < -0.4 is 11.3 Å². The number of para-hydroxylation sites is 1. The summed E-state index contributed by atoms with van der Waals surface area (Å²) < 4.78 is 2.25. The fraction of sp³-hybridized carbons (Fsp3) is 0.333. The first-order chi connectivity index (χ1) is 8.69. The second-order valence-electron chi connectivity index (χ2n) is 3.98. The first-order valence-corrected chi connectivity index (χ1v) is 7.40. The number of hydrazine groups is 1. The van der Waals surface area contributed by atoms with Crippen LogP contribution in [-0.2, 0) is 4.79 Å². The molecule has 1 aromatic carbocycles. The fourth-order valence-corrected chi connectivity index (χ4v) is 3.92. The van der Waals surface area contributed by atoms with E-state index in [9.17, 15) is 4.79 Å². The van der Waals surface area contributed by atoms with Gasteiger partial charge in [0.2, 0.25) is 5.91 Å². The molecule has 0 radical (unpaired) electrons. The minimum atomic E-state index is -0.119. The summed E-state index contributed by atoms with van der Waals surface area (Å²) in [5, 5.41) is 0.350. The third-order valence-electron chi connectivity index (χ3n) is 2.52. The lowest BCUT2D eigenvalue weighted by Crippen LogP contribution is -2.30. The molecular formula is C12H15N3OS2. The Hall–Kier alpha value is -1.11. The van der Waals surface area contributed by atoms with Crippen LogP contribution in [0.3, 0.4) is 0 Å². The lowest BCUT2D eigenvalue weighted by atomic mass is 10.2. The minimum absolute atomic E-state index is 0.119. The van der Waals surface area contributed by atoms with E-state index >= 15 is 0 Å². The van der Waals surface area contributed by atoms with Crippen LogP contribution in [0.15, 0.2) is 28.6 Å². The van der Waals surface area contributed by atoms with Crippen molar-refractivity contribution in [2.24, 2.45) is 5.84 Å². The van der Waals surface area contributed by atoms with Gasteiger partial charge < -0.3 is 0 Å². The number of carbonyl (C=O) groups is 1. The number of nitrogens with one attached hydrogen (secondary N) is 1. The van der Waals surface area contributed by atoms with Gasteiger partial charge in [0.05, 0.1) is 10.2 Å². The molecule has 0 fully saturated rings. The van der Waals surface area contributed by atoms with E-state index in [-0.39, 0.29) is 5.91 Å². The zero-order chi connectivity index (χ0) is 13.0. The number of carbonyl (C=O) groups excluding carboxylic acids is 1. The van der Waals surface area contributed by atoms with Crippen LogP contribution in [0.4, 0.5) is 0 Å². The molecule has 6 heteroatoms. The summed E-state index contributed by atoms with van der Waals surface area (Å²) in [6.45, 7) is 2.10. The molecule has 0 aliphatic carbocycles. The Morgan fingerprint density at radius 3 is 3.06 bits per heavy atom. The first-order valence-electron chi connectivity index (χ1n) is 5.70. The van der Waals surface area contributed by atoms with Gasteiger partial charge in [0.15, 0.2) is 4.34 Å². The quantitative estimate of drug-likeness (QED) is 0.382. The molecule has 4 nitrogen and oxygen atoms in total. The van der Waals surface area contributed by atoms with Gasteiger partial charge in [-0.25, -0.2) is 10.8 Å². The molecule has 2 aromatic rings. The van der Waals surface area contributed by atoms with Crippen LogP contribution in [-0.4, -0.2) is 16.1 Å². The predicted octanol–water partition coefficient (Wildman–Crippen LogP) is 2.55. The molecule has 0 saturated heterocycles. The van der Waals surface area contributed by atoms with Gasteiger partial charge in [0.1, 0.15) is 0 Å². The Morgan fingerprint density at radius 1 is 1.56 bits per heavy atom. The summed E-state index contributed by atoms with van der Waals surface area (Å²) in [5.74, 6) is 4.93. The molecule has 0 aliphatic heterocycles. The van der Waals surface area contributed by atoms with Crippen LogP contribution in [0.5, 0.6) is 0 Å². The molecule has 1 unspecified atom stereocenters. The molecule has 0 aliphatic rings. The van der Waals surface area contributed by atoms with Crippen molar-refractivity contribution < 1.29 is 4.79 Å². The largest absolute Gasteiger partial charge is 0.294 e. The highest BCUT2D eigenvalue weighted by Gasteiger charge is 2.10.